The van der Waals surface area contributed by atoms with Crippen LogP contribution in [0.25, 0.3) is 0 Å². The van der Waals surface area contributed by atoms with E-state index in [9.17, 15) is 0 Å². The van der Waals surface area contributed by atoms with Gasteiger partial charge in [0.2, 0.25) is 0 Å². The van der Waals surface area contributed by atoms with Crippen molar-refractivity contribution in [1.82, 2.24) is 14.7 Å². The lowest BCUT2D eigenvalue weighted by Gasteiger charge is -2.38. The highest BCUT2D eigenvalue weighted by atomic mass is 15.3. The number of hydrogen-bond acceptors (Lipinski definition) is 3. The SMILES string of the molecule is CN1CCC(CN2CCN(C3CC3)CC2)CC1. The van der Waals surface area contributed by atoms with Crippen LogP contribution in [0, 0.1) is 5.92 Å². The molecular formula is C14H27N3. The minimum Gasteiger partial charge on any atom is -0.306 e. The van der Waals surface area contributed by atoms with Gasteiger partial charge in [0.05, 0.1) is 0 Å². The third-order valence-electron chi connectivity index (χ3n) is 4.82. The quantitative estimate of drug-likeness (QED) is 0.728. The average molecular weight is 237 g/mol. The second-order valence-corrected chi connectivity index (χ2v) is 6.31. The largest absolute Gasteiger partial charge is 0.306 e. The fourth-order valence-corrected chi connectivity index (χ4v) is 3.36. The number of likely N-dealkylation sites (tertiary alicyclic amines) is 1. The topological polar surface area (TPSA) is 9.72 Å². The number of piperazine rings is 1. The number of nitrogens with zero attached hydrogens (tertiary/aromatic N) is 3. The van der Waals surface area contributed by atoms with Crippen LogP contribution in [-0.4, -0.2) is 73.6 Å². The molecule has 17 heavy (non-hydrogen) atoms. The molecule has 3 rings (SSSR count). The Hall–Kier alpha value is -0.120. The minimum atomic E-state index is 0.971. The molecular weight excluding hydrogens is 210 g/mol. The molecule has 98 valence electrons. The first kappa shape index (κ1) is 11.9. The first-order valence-electron chi connectivity index (χ1n) is 7.46. The van der Waals surface area contributed by atoms with E-state index in [1.165, 1.54) is 71.5 Å². The van der Waals surface area contributed by atoms with Gasteiger partial charge in [-0.3, -0.25) is 4.90 Å². The highest BCUT2D eigenvalue weighted by Gasteiger charge is 2.31. The Bertz CT molecular complexity index is 236. The first-order valence-corrected chi connectivity index (χ1v) is 7.46. The highest BCUT2D eigenvalue weighted by molar-refractivity contribution is 4.88. The van der Waals surface area contributed by atoms with Crippen molar-refractivity contribution in [2.45, 2.75) is 31.7 Å². The lowest BCUT2D eigenvalue weighted by molar-refractivity contribution is 0.0961. The van der Waals surface area contributed by atoms with E-state index in [2.05, 4.69) is 21.7 Å². The van der Waals surface area contributed by atoms with Gasteiger partial charge in [-0.2, -0.15) is 0 Å². The van der Waals surface area contributed by atoms with E-state index in [0.717, 1.165) is 12.0 Å². The zero-order valence-electron chi connectivity index (χ0n) is 11.3. The van der Waals surface area contributed by atoms with Crippen LogP contribution in [0.5, 0.6) is 0 Å². The summed E-state index contributed by atoms with van der Waals surface area (Å²) in [5.74, 6) is 0.971. The average Bonchev–Trinajstić information content (AvgIpc) is 3.17. The molecule has 0 aromatic rings. The first-order chi connectivity index (χ1) is 8.31. The Balaban J connectivity index is 1.38. The van der Waals surface area contributed by atoms with Crippen molar-refractivity contribution in [3.05, 3.63) is 0 Å². The molecule has 3 fully saturated rings. The lowest BCUT2D eigenvalue weighted by Crippen LogP contribution is -2.49. The summed E-state index contributed by atoms with van der Waals surface area (Å²) in [4.78, 5) is 7.90. The molecule has 1 aliphatic carbocycles. The zero-order chi connectivity index (χ0) is 11.7. The molecule has 0 unspecified atom stereocenters. The summed E-state index contributed by atoms with van der Waals surface area (Å²) in [6, 6.07) is 0.973. The van der Waals surface area contributed by atoms with Gasteiger partial charge in [-0.05, 0) is 51.7 Å². The number of piperidine rings is 1. The van der Waals surface area contributed by atoms with Crippen LogP contribution < -0.4 is 0 Å². The normalized spacial score (nSPS) is 30.9. The molecule has 3 heteroatoms. The molecule has 0 atom stereocenters. The molecule has 0 aromatic heterocycles. The standard InChI is InChI=1S/C14H27N3/c1-15-6-4-13(5-7-15)12-16-8-10-17(11-9-16)14-2-3-14/h13-14H,2-12H2,1H3. The van der Waals surface area contributed by atoms with Crippen LogP contribution in [-0.2, 0) is 0 Å². The van der Waals surface area contributed by atoms with Crippen molar-refractivity contribution in [2.75, 3.05) is 52.9 Å². The van der Waals surface area contributed by atoms with E-state index in [4.69, 9.17) is 0 Å². The van der Waals surface area contributed by atoms with Gasteiger partial charge in [-0.1, -0.05) is 0 Å². The predicted molar refractivity (Wildman–Crippen MR) is 71.3 cm³/mol. The molecule has 2 saturated heterocycles. The number of hydrogen-bond donors (Lipinski definition) is 0. The fourth-order valence-electron chi connectivity index (χ4n) is 3.36. The Kier molecular flexibility index (Phi) is 3.69. The van der Waals surface area contributed by atoms with Crippen LogP contribution in [0.15, 0.2) is 0 Å². The molecule has 0 spiro atoms. The molecule has 3 aliphatic rings. The van der Waals surface area contributed by atoms with Crippen molar-refractivity contribution in [3.63, 3.8) is 0 Å². The smallest absolute Gasteiger partial charge is 0.0113 e. The van der Waals surface area contributed by atoms with Crippen molar-refractivity contribution in [2.24, 2.45) is 5.92 Å². The van der Waals surface area contributed by atoms with Crippen LogP contribution >= 0.6 is 0 Å². The Morgan fingerprint density at radius 1 is 0.824 bits per heavy atom. The van der Waals surface area contributed by atoms with Crippen LogP contribution in [0.2, 0.25) is 0 Å². The second kappa shape index (κ2) is 5.25. The van der Waals surface area contributed by atoms with Gasteiger partial charge in [-0.15, -0.1) is 0 Å². The minimum absolute atomic E-state index is 0.971. The maximum Gasteiger partial charge on any atom is 0.0113 e. The third kappa shape index (κ3) is 3.21. The van der Waals surface area contributed by atoms with Crippen LogP contribution in [0.3, 0.4) is 0 Å². The summed E-state index contributed by atoms with van der Waals surface area (Å²) in [5, 5.41) is 0. The molecule has 0 bridgehead atoms. The van der Waals surface area contributed by atoms with Crippen LogP contribution in [0.1, 0.15) is 25.7 Å². The van der Waals surface area contributed by atoms with E-state index in [1.54, 1.807) is 0 Å². The van der Waals surface area contributed by atoms with E-state index in [0.29, 0.717) is 0 Å². The summed E-state index contributed by atoms with van der Waals surface area (Å²) in [6.45, 7) is 9.30. The van der Waals surface area contributed by atoms with Gasteiger partial charge in [0, 0.05) is 38.8 Å². The molecule has 1 saturated carbocycles. The Morgan fingerprint density at radius 3 is 2.06 bits per heavy atom. The Labute approximate surface area is 106 Å². The molecule has 0 N–H and O–H groups in total. The van der Waals surface area contributed by atoms with E-state index >= 15 is 0 Å². The van der Waals surface area contributed by atoms with Crippen molar-refractivity contribution in [1.29, 1.82) is 0 Å². The molecule has 0 aromatic carbocycles. The van der Waals surface area contributed by atoms with E-state index in [-0.39, 0.29) is 0 Å². The fraction of sp³-hybridized carbons (Fsp3) is 1.00. The van der Waals surface area contributed by atoms with Crippen molar-refractivity contribution < 1.29 is 0 Å². The number of rotatable bonds is 3. The lowest BCUT2D eigenvalue weighted by atomic mass is 9.96. The summed E-state index contributed by atoms with van der Waals surface area (Å²) in [7, 11) is 2.25. The molecule has 2 aliphatic heterocycles. The van der Waals surface area contributed by atoms with Crippen molar-refractivity contribution in [3.8, 4) is 0 Å². The summed E-state index contributed by atoms with van der Waals surface area (Å²) in [5.41, 5.74) is 0. The molecule has 3 nitrogen and oxygen atoms in total. The Morgan fingerprint density at radius 2 is 1.47 bits per heavy atom. The van der Waals surface area contributed by atoms with Gasteiger partial charge in [-0.25, -0.2) is 0 Å². The summed E-state index contributed by atoms with van der Waals surface area (Å²) in [6.07, 6.45) is 5.77. The summed E-state index contributed by atoms with van der Waals surface area (Å²) >= 11 is 0. The zero-order valence-corrected chi connectivity index (χ0v) is 11.3. The van der Waals surface area contributed by atoms with Gasteiger partial charge in [0.1, 0.15) is 0 Å². The molecule has 0 amide bonds. The van der Waals surface area contributed by atoms with Crippen LogP contribution in [0.4, 0.5) is 0 Å². The third-order valence-corrected chi connectivity index (χ3v) is 4.82. The van der Waals surface area contributed by atoms with Crippen molar-refractivity contribution >= 4 is 0 Å². The molecule has 2 heterocycles. The van der Waals surface area contributed by atoms with E-state index < -0.39 is 0 Å². The van der Waals surface area contributed by atoms with Gasteiger partial charge >= 0.3 is 0 Å². The highest BCUT2D eigenvalue weighted by Crippen LogP contribution is 2.27. The van der Waals surface area contributed by atoms with E-state index in [1.807, 2.05) is 0 Å². The predicted octanol–water partition coefficient (Wildman–Crippen LogP) is 1.11. The maximum atomic E-state index is 2.72. The van der Waals surface area contributed by atoms with Gasteiger partial charge < -0.3 is 9.80 Å². The van der Waals surface area contributed by atoms with Gasteiger partial charge in [0.15, 0.2) is 0 Å². The second-order valence-electron chi connectivity index (χ2n) is 6.31. The summed E-state index contributed by atoms with van der Waals surface area (Å²) < 4.78 is 0. The monoisotopic (exact) mass is 237 g/mol. The molecule has 0 radical (unpaired) electrons. The maximum absolute atomic E-state index is 2.72. The van der Waals surface area contributed by atoms with Gasteiger partial charge in [0.25, 0.3) is 0 Å².